The molecule has 0 aliphatic heterocycles. The lowest BCUT2D eigenvalue weighted by Gasteiger charge is -2.59. The molecule has 3 saturated carbocycles. The number of rotatable bonds is 1. The second-order valence-electron chi connectivity index (χ2n) is 9.87. The number of alkyl halides is 2. The van der Waals surface area contributed by atoms with E-state index in [-0.39, 0.29) is 29.6 Å². The molecule has 4 aliphatic carbocycles. The summed E-state index contributed by atoms with van der Waals surface area (Å²) in [7, 11) is 0. The second-order valence-corrected chi connectivity index (χ2v) is 9.87. The van der Waals surface area contributed by atoms with E-state index in [1.54, 1.807) is 5.57 Å². The summed E-state index contributed by atoms with van der Waals surface area (Å²) in [5.74, 6) is -1.13. The van der Waals surface area contributed by atoms with Gasteiger partial charge in [0.2, 0.25) is 5.92 Å². The minimum atomic E-state index is -2.44. The molecule has 3 fully saturated rings. The molecule has 0 N–H and O–H groups in total. The lowest BCUT2D eigenvalue weighted by atomic mass is 9.46. The lowest BCUT2D eigenvalue weighted by molar-refractivity contribution is -0.139. The first-order valence-electron chi connectivity index (χ1n) is 11.5. The van der Waals surface area contributed by atoms with Gasteiger partial charge in [0.05, 0.1) is 0 Å². The maximum Gasteiger partial charge on any atom is 0.248 e. The third kappa shape index (κ3) is 3.20. The summed E-state index contributed by atoms with van der Waals surface area (Å²) in [4.78, 5) is 4.32. The number of halogens is 2. The van der Waals surface area contributed by atoms with Gasteiger partial charge in [-0.3, -0.25) is 4.98 Å². The van der Waals surface area contributed by atoms with Gasteiger partial charge in [0.25, 0.3) is 0 Å². The quantitative estimate of drug-likeness (QED) is 0.471. The first-order valence-corrected chi connectivity index (χ1v) is 11.5. The molecule has 3 heteroatoms. The van der Waals surface area contributed by atoms with E-state index < -0.39 is 5.92 Å². The molecule has 1 nitrogen and oxygen atoms in total. The van der Waals surface area contributed by atoms with E-state index >= 15 is 0 Å². The summed E-state index contributed by atoms with van der Waals surface area (Å²) >= 11 is 0. The van der Waals surface area contributed by atoms with Crippen molar-refractivity contribution in [1.82, 2.24) is 4.98 Å². The highest BCUT2D eigenvalue weighted by Crippen LogP contribution is 2.67. The van der Waals surface area contributed by atoms with Crippen LogP contribution in [0, 0.1) is 28.6 Å². The number of aromatic nitrogens is 1. The van der Waals surface area contributed by atoms with Crippen LogP contribution in [0.15, 0.2) is 42.3 Å². The van der Waals surface area contributed by atoms with Crippen LogP contribution < -0.4 is 0 Å². The van der Waals surface area contributed by atoms with Crippen molar-refractivity contribution in [3.05, 3.63) is 47.8 Å². The Morgan fingerprint density at radius 1 is 1.00 bits per heavy atom. The van der Waals surface area contributed by atoms with Crippen molar-refractivity contribution < 1.29 is 8.78 Å². The molecule has 5 atom stereocenters. The Morgan fingerprint density at radius 2 is 1.79 bits per heavy atom. The summed E-state index contributed by atoms with van der Waals surface area (Å²) in [5.41, 5.74) is 4.36. The summed E-state index contributed by atoms with van der Waals surface area (Å²) in [6.45, 7) is 8.72. The number of allylic oxidation sites excluding steroid dienone is 4. The van der Waals surface area contributed by atoms with Crippen molar-refractivity contribution in [3.8, 4) is 0 Å². The summed E-state index contributed by atoms with van der Waals surface area (Å²) < 4.78 is 28.1. The zero-order valence-corrected chi connectivity index (χ0v) is 18.3. The van der Waals surface area contributed by atoms with Crippen LogP contribution in [0.3, 0.4) is 0 Å². The van der Waals surface area contributed by atoms with Crippen LogP contribution in [0.4, 0.5) is 8.78 Å². The van der Waals surface area contributed by atoms with Crippen molar-refractivity contribution in [2.24, 2.45) is 28.6 Å². The van der Waals surface area contributed by atoms with Gasteiger partial charge >= 0.3 is 0 Å². The molecule has 0 spiro atoms. The third-order valence-electron chi connectivity index (χ3n) is 8.65. The monoisotopic (exact) mass is 399 g/mol. The average molecular weight is 400 g/mol. The van der Waals surface area contributed by atoms with Gasteiger partial charge in [-0.15, -0.1) is 0 Å². The fourth-order valence-electron chi connectivity index (χ4n) is 7.11. The van der Waals surface area contributed by atoms with Crippen LogP contribution in [0.5, 0.6) is 0 Å². The fourth-order valence-corrected chi connectivity index (χ4v) is 7.11. The molecule has 158 valence electrons. The predicted molar refractivity (Wildman–Crippen MR) is 116 cm³/mol. The Morgan fingerprint density at radius 3 is 2.52 bits per heavy atom. The van der Waals surface area contributed by atoms with Crippen molar-refractivity contribution in [2.75, 3.05) is 0 Å². The Bertz CT molecular complexity index is 811. The average Bonchev–Trinajstić information content (AvgIpc) is 3.08. The van der Waals surface area contributed by atoms with Crippen LogP contribution >= 0.6 is 0 Å². The molecular formula is C26H35F2N. The fraction of sp³-hybridized carbons (Fsp3) is 0.654. The molecule has 4 aliphatic rings. The minimum Gasteiger partial charge on any atom is -0.264 e. The van der Waals surface area contributed by atoms with Gasteiger partial charge in [0.1, 0.15) is 0 Å². The van der Waals surface area contributed by atoms with E-state index in [4.69, 9.17) is 0 Å². The SMILES string of the molecule is CC.CC12CCC3C(CCC4CC(F)(F)CCC43C)C1=CC=C2c1cccnc1. The van der Waals surface area contributed by atoms with Crippen LogP contribution in [0.2, 0.25) is 0 Å². The van der Waals surface area contributed by atoms with Gasteiger partial charge in [0, 0.05) is 30.7 Å². The van der Waals surface area contributed by atoms with Crippen molar-refractivity contribution in [2.45, 2.75) is 78.6 Å². The molecule has 5 rings (SSSR count). The smallest absolute Gasteiger partial charge is 0.248 e. The minimum absolute atomic E-state index is 0.0821. The highest BCUT2D eigenvalue weighted by atomic mass is 19.3. The number of fused-ring (bicyclic) bond motifs is 5. The van der Waals surface area contributed by atoms with Gasteiger partial charge in [-0.1, -0.05) is 51.5 Å². The van der Waals surface area contributed by atoms with Crippen LogP contribution in [-0.2, 0) is 0 Å². The van der Waals surface area contributed by atoms with E-state index in [0.29, 0.717) is 18.3 Å². The molecule has 0 radical (unpaired) electrons. The molecule has 5 unspecified atom stereocenters. The summed E-state index contributed by atoms with van der Waals surface area (Å²) in [6, 6.07) is 4.17. The highest BCUT2D eigenvalue weighted by molar-refractivity contribution is 5.78. The lowest BCUT2D eigenvalue weighted by Crippen LogP contribution is -2.52. The second kappa shape index (κ2) is 7.32. The van der Waals surface area contributed by atoms with Gasteiger partial charge in [-0.05, 0) is 72.5 Å². The summed E-state index contributed by atoms with van der Waals surface area (Å²) in [6.07, 6.45) is 13.7. The maximum atomic E-state index is 14.1. The topological polar surface area (TPSA) is 12.9 Å². The van der Waals surface area contributed by atoms with Crippen LogP contribution in [0.25, 0.3) is 5.57 Å². The van der Waals surface area contributed by atoms with Crippen molar-refractivity contribution in [1.29, 1.82) is 0 Å². The molecule has 1 aromatic rings. The summed E-state index contributed by atoms with van der Waals surface area (Å²) in [5, 5.41) is 0. The van der Waals surface area contributed by atoms with Crippen LogP contribution in [-0.4, -0.2) is 10.9 Å². The molecule has 0 bridgehead atoms. The largest absolute Gasteiger partial charge is 0.264 e. The molecule has 0 saturated heterocycles. The molecule has 1 heterocycles. The molecular weight excluding hydrogens is 364 g/mol. The standard InChI is InChI=1S/C24H29F2N.C2H6/c1-22-11-12-24(25,26)14-17(22)5-6-18-20-8-7-19(16-4-3-13-27-15-16)23(20,2)10-9-21(18)22;1-2/h3-4,7-8,13,15,17-18,21H,5-6,9-12,14H2,1-2H3;1-2H3. The third-order valence-corrected chi connectivity index (χ3v) is 8.65. The van der Waals surface area contributed by atoms with Crippen LogP contribution in [0.1, 0.15) is 78.2 Å². The number of nitrogens with zero attached hydrogens (tertiary/aromatic N) is 1. The van der Waals surface area contributed by atoms with Crippen molar-refractivity contribution >= 4 is 5.57 Å². The number of pyridine rings is 1. The normalized spacial score (nSPS) is 39.7. The Hall–Kier alpha value is -1.51. The zero-order chi connectivity index (χ0) is 20.9. The Kier molecular flexibility index (Phi) is 5.24. The molecule has 29 heavy (non-hydrogen) atoms. The van der Waals surface area contributed by atoms with Gasteiger partial charge in [0.15, 0.2) is 0 Å². The zero-order valence-electron chi connectivity index (χ0n) is 18.3. The number of hydrogen-bond acceptors (Lipinski definition) is 1. The number of hydrogen-bond donors (Lipinski definition) is 0. The first kappa shape index (κ1) is 20.8. The van der Waals surface area contributed by atoms with Crippen molar-refractivity contribution in [3.63, 3.8) is 0 Å². The first-order chi connectivity index (χ1) is 13.8. The molecule has 0 amide bonds. The van der Waals surface area contributed by atoms with E-state index in [1.807, 2.05) is 32.3 Å². The Labute approximate surface area is 174 Å². The predicted octanol–water partition coefficient (Wildman–Crippen LogP) is 7.70. The Balaban J connectivity index is 0.000000994. The van der Waals surface area contributed by atoms with E-state index in [0.717, 1.165) is 25.7 Å². The van der Waals surface area contributed by atoms with Gasteiger partial charge in [-0.25, -0.2) is 8.78 Å². The maximum absolute atomic E-state index is 14.1. The van der Waals surface area contributed by atoms with E-state index in [2.05, 4.69) is 37.0 Å². The van der Waals surface area contributed by atoms with E-state index in [1.165, 1.54) is 11.1 Å². The van der Waals surface area contributed by atoms with Gasteiger partial charge < -0.3 is 0 Å². The van der Waals surface area contributed by atoms with E-state index in [9.17, 15) is 8.78 Å². The highest BCUT2D eigenvalue weighted by Gasteiger charge is 2.58. The molecule has 0 aromatic carbocycles. The van der Waals surface area contributed by atoms with Gasteiger partial charge in [-0.2, -0.15) is 0 Å². The molecule has 1 aromatic heterocycles.